The fourth-order valence-electron chi connectivity index (χ4n) is 3.43. The molecule has 6 heteroatoms. The zero-order valence-corrected chi connectivity index (χ0v) is 14.4. The molecule has 5 nitrogen and oxygen atoms in total. The molecule has 0 bridgehead atoms. The predicted octanol–water partition coefficient (Wildman–Crippen LogP) is 2.57. The van der Waals surface area contributed by atoms with Gasteiger partial charge in [-0.05, 0) is 37.4 Å². The number of fused-ring (bicyclic) bond motifs is 1. The van der Waals surface area contributed by atoms with Crippen molar-refractivity contribution in [1.82, 2.24) is 20.0 Å². The molecule has 1 saturated heterocycles. The molecule has 1 fully saturated rings. The summed E-state index contributed by atoms with van der Waals surface area (Å²) >= 11 is 6.39. The van der Waals surface area contributed by atoms with Crippen LogP contribution >= 0.6 is 11.6 Å². The summed E-state index contributed by atoms with van der Waals surface area (Å²) in [7, 11) is 1.96. The number of aromatic nitrogens is 2. The van der Waals surface area contributed by atoms with Gasteiger partial charge in [0.15, 0.2) is 0 Å². The number of hydrogen-bond acceptors (Lipinski definition) is 3. The molecule has 1 atom stereocenters. The maximum absolute atomic E-state index is 11.1. The zero-order chi connectivity index (χ0) is 16.4. The molecule has 1 aliphatic rings. The van der Waals surface area contributed by atoms with Gasteiger partial charge < -0.3 is 5.32 Å². The number of piperidine rings is 1. The van der Waals surface area contributed by atoms with Crippen molar-refractivity contribution >= 4 is 28.4 Å². The van der Waals surface area contributed by atoms with Gasteiger partial charge in [0.2, 0.25) is 5.91 Å². The van der Waals surface area contributed by atoms with E-state index in [1.54, 1.807) is 6.92 Å². The summed E-state index contributed by atoms with van der Waals surface area (Å²) < 4.78 is 1.90. The third-order valence-electron chi connectivity index (χ3n) is 4.52. The summed E-state index contributed by atoms with van der Waals surface area (Å²) in [6.45, 7) is 5.19. The Kier molecular flexibility index (Phi) is 4.87. The standard InChI is InChI=1S/C17H23ClN4O/c1-12(23)19-9-13-5-4-8-22(10-13)11-15-17-14(18)6-3-7-16(17)21(2)20-15/h3,6-7,13H,4-5,8-11H2,1-2H3,(H,19,23). The van der Waals surface area contributed by atoms with Crippen LogP contribution in [0, 0.1) is 5.92 Å². The number of nitrogens with one attached hydrogen (secondary N) is 1. The third kappa shape index (κ3) is 3.67. The molecular formula is C17H23ClN4O. The van der Waals surface area contributed by atoms with Gasteiger partial charge in [-0.2, -0.15) is 5.10 Å². The molecule has 1 aromatic heterocycles. The van der Waals surface area contributed by atoms with E-state index in [2.05, 4.69) is 15.3 Å². The Hall–Kier alpha value is -1.59. The normalized spacial score (nSPS) is 19.2. The van der Waals surface area contributed by atoms with Crippen LogP contribution in [0.5, 0.6) is 0 Å². The van der Waals surface area contributed by atoms with E-state index in [1.165, 1.54) is 6.42 Å². The summed E-state index contributed by atoms with van der Waals surface area (Å²) in [4.78, 5) is 13.5. The number of carbonyl (C=O) groups is 1. The van der Waals surface area contributed by atoms with Gasteiger partial charge >= 0.3 is 0 Å². The number of halogens is 1. The Bertz CT molecular complexity index is 712. The Labute approximate surface area is 141 Å². The summed E-state index contributed by atoms with van der Waals surface area (Å²) in [5.41, 5.74) is 2.10. The summed E-state index contributed by atoms with van der Waals surface area (Å²) in [6, 6.07) is 5.93. The van der Waals surface area contributed by atoms with Crippen molar-refractivity contribution in [3.8, 4) is 0 Å². The molecular weight excluding hydrogens is 312 g/mol. The van der Waals surface area contributed by atoms with E-state index in [9.17, 15) is 4.79 Å². The third-order valence-corrected chi connectivity index (χ3v) is 4.83. The van der Waals surface area contributed by atoms with Crippen LogP contribution < -0.4 is 5.32 Å². The van der Waals surface area contributed by atoms with Crippen molar-refractivity contribution in [2.24, 2.45) is 13.0 Å². The number of amides is 1. The lowest BCUT2D eigenvalue weighted by Gasteiger charge is -2.32. The highest BCUT2D eigenvalue weighted by Crippen LogP contribution is 2.28. The monoisotopic (exact) mass is 334 g/mol. The molecule has 2 aromatic rings. The fourth-order valence-corrected chi connectivity index (χ4v) is 3.70. The molecule has 124 valence electrons. The van der Waals surface area contributed by atoms with E-state index < -0.39 is 0 Å². The lowest BCUT2D eigenvalue weighted by atomic mass is 9.97. The van der Waals surface area contributed by atoms with Gasteiger partial charge in [0.1, 0.15) is 0 Å². The minimum Gasteiger partial charge on any atom is -0.356 e. The summed E-state index contributed by atoms with van der Waals surface area (Å²) in [5.74, 6) is 0.558. The van der Waals surface area contributed by atoms with Gasteiger partial charge in [-0.25, -0.2) is 0 Å². The Morgan fingerprint density at radius 2 is 2.30 bits per heavy atom. The maximum atomic E-state index is 11.1. The number of aryl methyl sites for hydroxylation is 1. The van der Waals surface area contributed by atoms with Gasteiger partial charge in [-0.3, -0.25) is 14.4 Å². The van der Waals surface area contributed by atoms with Crippen LogP contribution in [-0.2, 0) is 18.4 Å². The molecule has 0 spiro atoms. The van der Waals surface area contributed by atoms with Gasteiger partial charge in [-0.15, -0.1) is 0 Å². The lowest BCUT2D eigenvalue weighted by molar-refractivity contribution is -0.119. The van der Waals surface area contributed by atoms with Crippen LogP contribution in [-0.4, -0.2) is 40.2 Å². The van der Waals surface area contributed by atoms with E-state index in [4.69, 9.17) is 11.6 Å². The summed E-state index contributed by atoms with van der Waals surface area (Å²) in [5, 5.41) is 9.42. The summed E-state index contributed by atoms with van der Waals surface area (Å²) in [6.07, 6.45) is 2.32. The maximum Gasteiger partial charge on any atom is 0.216 e. The van der Waals surface area contributed by atoms with Crippen molar-refractivity contribution in [3.05, 3.63) is 28.9 Å². The fraction of sp³-hybridized carbons (Fsp3) is 0.529. The number of carbonyl (C=O) groups excluding carboxylic acids is 1. The lowest BCUT2D eigenvalue weighted by Crippen LogP contribution is -2.40. The molecule has 1 aromatic carbocycles. The SMILES string of the molecule is CC(=O)NCC1CCCN(Cc2nn(C)c3cccc(Cl)c23)C1. The smallest absolute Gasteiger partial charge is 0.216 e. The van der Waals surface area contributed by atoms with Crippen molar-refractivity contribution in [2.45, 2.75) is 26.3 Å². The number of nitrogens with zero attached hydrogens (tertiary/aromatic N) is 3. The van der Waals surface area contributed by atoms with Gasteiger partial charge in [0.25, 0.3) is 0 Å². The Morgan fingerprint density at radius 3 is 3.09 bits per heavy atom. The molecule has 2 heterocycles. The Morgan fingerprint density at radius 1 is 1.48 bits per heavy atom. The zero-order valence-electron chi connectivity index (χ0n) is 13.7. The average molecular weight is 335 g/mol. The van der Waals surface area contributed by atoms with Crippen LogP contribution in [0.1, 0.15) is 25.5 Å². The molecule has 0 aliphatic carbocycles. The molecule has 1 unspecified atom stereocenters. The first-order valence-electron chi connectivity index (χ1n) is 8.11. The highest BCUT2D eigenvalue weighted by molar-refractivity contribution is 6.35. The van der Waals surface area contributed by atoms with Gasteiger partial charge in [0.05, 0.1) is 16.2 Å². The molecule has 0 radical (unpaired) electrons. The second kappa shape index (κ2) is 6.89. The van der Waals surface area contributed by atoms with Crippen LogP contribution in [0.15, 0.2) is 18.2 Å². The van der Waals surface area contributed by atoms with Crippen LogP contribution in [0.25, 0.3) is 10.9 Å². The van der Waals surface area contributed by atoms with Crippen LogP contribution in [0.2, 0.25) is 5.02 Å². The number of hydrogen-bond donors (Lipinski definition) is 1. The minimum absolute atomic E-state index is 0.0459. The van der Waals surface area contributed by atoms with Crippen molar-refractivity contribution in [1.29, 1.82) is 0 Å². The quantitative estimate of drug-likeness (QED) is 0.935. The van der Waals surface area contributed by atoms with Crippen molar-refractivity contribution in [3.63, 3.8) is 0 Å². The van der Waals surface area contributed by atoms with Gasteiger partial charge in [0, 0.05) is 39.0 Å². The van der Waals surface area contributed by atoms with E-state index in [1.807, 2.05) is 29.9 Å². The van der Waals surface area contributed by atoms with Crippen LogP contribution in [0.4, 0.5) is 0 Å². The second-order valence-electron chi connectivity index (χ2n) is 6.38. The first-order chi connectivity index (χ1) is 11.0. The highest BCUT2D eigenvalue weighted by atomic mass is 35.5. The van der Waals surface area contributed by atoms with Gasteiger partial charge in [-0.1, -0.05) is 17.7 Å². The number of benzene rings is 1. The number of rotatable bonds is 4. The van der Waals surface area contributed by atoms with Crippen molar-refractivity contribution < 1.29 is 4.79 Å². The second-order valence-corrected chi connectivity index (χ2v) is 6.79. The largest absolute Gasteiger partial charge is 0.356 e. The van der Waals surface area contributed by atoms with E-state index in [0.717, 1.165) is 54.2 Å². The minimum atomic E-state index is 0.0459. The van der Waals surface area contributed by atoms with E-state index in [0.29, 0.717) is 5.92 Å². The van der Waals surface area contributed by atoms with E-state index in [-0.39, 0.29) is 5.91 Å². The van der Waals surface area contributed by atoms with Crippen molar-refractivity contribution in [2.75, 3.05) is 19.6 Å². The van der Waals surface area contributed by atoms with E-state index >= 15 is 0 Å². The highest BCUT2D eigenvalue weighted by Gasteiger charge is 2.22. The first-order valence-corrected chi connectivity index (χ1v) is 8.49. The average Bonchev–Trinajstić information content (AvgIpc) is 2.83. The molecule has 1 N–H and O–H groups in total. The first kappa shape index (κ1) is 16.3. The molecule has 1 aliphatic heterocycles. The molecule has 23 heavy (non-hydrogen) atoms. The number of likely N-dealkylation sites (tertiary alicyclic amines) is 1. The molecule has 0 saturated carbocycles. The Balaban J connectivity index is 1.73. The molecule has 1 amide bonds. The molecule has 3 rings (SSSR count). The van der Waals surface area contributed by atoms with Crippen LogP contribution in [0.3, 0.4) is 0 Å². The predicted molar refractivity (Wildman–Crippen MR) is 92.4 cm³/mol. The topological polar surface area (TPSA) is 50.2 Å².